The van der Waals surface area contributed by atoms with Crippen LogP contribution in [-0.2, 0) is 6.54 Å². The molecule has 1 N–H and O–H groups in total. The first-order chi connectivity index (χ1) is 16.1. The van der Waals surface area contributed by atoms with Crippen molar-refractivity contribution in [1.82, 2.24) is 10.2 Å². The highest BCUT2D eigenvalue weighted by atomic mass is 19.1. The molecule has 33 heavy (non-hydrogen) atoms. The number of nitrogens with one attached hydrogen (secondary N) is 1. The summed E-state index contributed by atoms with van der Waals surface area (Å²) in [6.45, 7) is 3.47. The summed E-state index contributed by atoms with van der Waals surface area (Å²) in [6, 6.07) is 21.4. The lowest BCUT2D eigenvalue weighted by Crippen LogP contribution is -2.38. The Morgan fingerprint density at radius 2 is 1.73 bits per heavy atom. The second-order valence-corrected chi connectivity index (χ2v) is 8.34. The molecular formula is C27H29FN2O3. The van der Waals surface area contributed by atoms with Gasteiger partial charge >= 0.3 is 0 Å². The smallest absolute Gasteiger partial charge is 0.251 e. The van der Waals surface area contributed by atoms with Crippen molar-refractivity contribution in [2.75, 3.05) is 26.7 Å². The van der Waals surface area contributed by atoms with E-state index in [0.29, 0.717) is 29.5 Å². The van der Waals surface area contributed by atoms with Crippen LogP contribution in [0.1, 0.15) is 28.8 Å². The molecule has 3 aromatic carbocycles. The molecule has 0 saturated carbocycles. The Morgan fingerprint density at radius 1 is 1.00 bits per heavy atom. The number of amides is 1. The highest BCUT2D eigenvalue weighted by Crippen LogP contribution is 2.31. The van der Waals surface area contributed by atoms with E-state index >= 15 is 0 Å². The summed E-state index contributed by atoms with van der Waals surface area (Å²) in [5.41, 5.74) is 1.69. The number of benzene rings is 3. The van der Waals surface area contributed by atoms with Gasteiger partial charge < -0.3 is 14.8 Å². The van der Waals surface area contributed by atoms with Crippen molar-refractivity contribution in [2.24, 2.45) is 5.92 Å². The van der Waals surface area contributed by atoms with E-state index in [1.54, 1.807) is 7.11 Å². The zero-order chi connectivity index (χ0) is 23.0. The maximum absolute atomic E-state index is 13.0. The van der Waals surface area contributed by atoms with Crippen LogP contribution < -0.4 is 14.8 Å². The minimum Gasteiger partial charge on any atom is -0.493 e. The van der Waals surface area contributed by atoms with E-state index in [1.165, 1.54) is 29.8 Å². The highest BCUT2D eigenvalue weighted by molar-refractivity contribution is 5.94. The molecule has 6 heteroatoms. The van der Waals surface area contributed by atoms with Gasteiger partial charge in [-0.3, -0.25) is 9.69 Å². The van der Waals surface area contributed by atoms with Gasteiger partial charge in [-0.05, 0) is 85.9 Å². The topological polar surface area (TPSA) is 50.8 Å². The molecule has 4 rings (SSSR count). The van der Waals surface area contributed by atoms with Crippen LogP contribution in [0.3, 0.4) is 0 Å². The number of rotatable bonds is 8. The second kappa shape index (κ2) is 11.0. The fourth-order valence-electron chi connectivity index (χ4n) is 4.08. The summed E-state index contributed by atoms with van der Waals surface area (Å²) in [6.07, 6.45) is 2.06. The zero-order valence-electron chi connectivity index (χ0n) is 18.8. The zero-order valence-corrected chi connectivity index (χ0v) is 18.8. The number of methoxy groups -OCH3 is 1. The molecule has 0 atom stereocenters. The van der Waals surface area contributed by atoms with E-state index in [4.69, 9.17) is 9.47 Å². The summed E-state index contributed by atoms with van der Waals surface area (Å²) >= 11 is 0. The first-order valence-electron chi connectivity index (χ1n) is 11.3. The Hall–Kier alpha value is -3.38. The lowest BCUT2D eigenvalue weighted by molar-refractivity contribution is 0.0935. The van der Waals surface area contributed by atoms with E-state index in [2.05, 4.69) is 22.3 Å². The molecule has 1 saturated heterocycles. The van der Waals surface area contributed by atoms with E-state index in [9.17, 15) is 9.18 Å². The molecule has 0 aliphatic carbocycles. The van der Waals surface area contributed by atoms with Crippen LogP contribution in [0.25, 0.3) is 0 Å². The standard InChI is InChI=1S/C27H29FN2O3/c1-32-25-7-2-3-8-26(25)33-24-6-4-5-21(17-24)19-30-15-13-20(14-16-30)18-29-27(31)22-9-11-23(28)12-10-22/h2-12,17,20H,13-16,18-19H2,1H3,(H,29,31). The van der Waals surface area contributed by atoms with Crippen molar-refractivity contribution in [3.63, 3.8) is 0 Å². The predicted molar refractivity (Wildman–Crippen MR) is 126 cm³/mol. The number of carbonyl (C=O) groups excluding carboxylic acids is 1. The first kappa shape index (κ1) is 22.8. The van der Waals surface area contributed by atoms with Crippen LogP contribution in [0.5, 0.6) is 17.2 Å². The van der Waals surface area contributed by atoms with Gasteiger partial charge in [0.05, 0.1) is 7.11 Å². The van der Waals surface area contributed by atoms with Crippen molar-refractivity contribution >= 4 is 5.91 Å². The molecule has 0 aromatic heterocycles. The number of para-hydroxylation sites is 2. The Labute approximate surface area is 194 Å². The first-order valence-corrected chi connectivity index (χ1v) is 11.3. The molecule has 1 amide bonds. The van der Waals surface area contributed by atoms with Crippen molar-refractivity contribution in [2.45, 2.75) is 19.4 Å². The molecule has 1 aliphatic rings. The Bertz CT molecular complexity index is 1060. The SMILES string of the molecule is COc1ccccc1Oc1cccc(CN2CCC(CNC(=O)c3ccc(F)cc3)CC2)c1. The summed E-state index contributed by atoms with van der Waals surface area (Å²) in [5, 5.41) is 2.99. The van der Waals surface area contributed by atoms with Crippen molar-refractivity contribution in [3.8, 4) is 17.2 Å². The number of hydrogen-bond acceptors (Lipinski definition) is 4. The van der Waals surface area contributed by atoms with Crippen molar-refractivity contribution < 1.29 is 18.7 Å². The van der Waals surface area contributed by atoms with E-state index < -0.39 is 0 Å². The van der Waals surface area contributed by atoms with Gasteiger partial charge in [-0.25, -0.2) is 4.39 Å². The summed E-state index contributed by atoms with van der Waals surface area (Å²) < 4.78 is 24.4. The van der Waals surface area contributed by atoms with E-state index in [0.717, 1.165) is 38.2 Å². The van der Waals surface area contributed by atoms with Crippen molar-refractivity contribution in [1.29, 1.82) is 0 Å². The van der Waals surface area contributed by atoms with Crippen molar-refractivity contribution in [3.05, 3.63) is 89.7 Å². The molecular weight excluding hydrogens is 419 g/mol. The fourth-order valence-corrected chi connectivity index (χ4v) is 4.08. The van der Waals surface area contributed by atoms with Crippen LogP contribution in [-0.4, -0.2) is 37.6 Å². The lowest BCUT2D eigenvalue weighted by atomic mass is 9.96. The summed E-state index contributed by atoms with van der Waals surface area (Å²) in [5.74, 6) is 2.15. The quantitative estimate of drug-likeness (QED) is 0.510. The van der Waals surface area contributed by atoms with Gasteiger partial charge in [0.2, 0.25) is 0 Å². The number of nitrogens with zero attached hydrogens (tertiary/aromatic N) is 1. The minimum atomic E-state index is -0.337. The van der Waals surface area contributed by atoms with Crippen LogP contribution in [0.4, 0.5) is 4.39 Å². The van der Waals surface area contributed by atoms with Crippen LogP contribution >= 0.6 is 0 Å². The molecule has 3 aromatic rings. The van der Waals surface area contributed by atoms with Gasteiger partial charge in [0, 0.05) is 18.7 Å². The molecule has 0 radical (unpaired) electrons. The van der Waals surface area contributed by atoms with E-state index in [-0.39, 0.29) is 11.7 Å². The number of carbonyl (C=O) groups is 1. The van der Waals surface area contributed by atoms with Gasteiger partial charge in [-0.2, -0.15) is 0 Å². The van der Waals surface area contributed by atoms with Gasteiger partial charge in [-0.1, -0.05) is 24.3 Å². The predicted octanol–water partition coefficient (Wildman–Crippen LogP) is 5.27. The Balaban J connectivity index is 1.25. The molecule has 1 fully saturated rings. The maximum atomic E-state index is 13.0. The summed E-state index contributed by atoms with van der Waals surface area (Å²) in [4.78, 5) is 14.7. The maximum Gasteiger partial charge on any atom is 0.251 e. The van der Waals surface area contributed by atoms with Crippen LogP contribution in [0, 0.1) is 11.7 Å². The molecule has 172 valence electrons. The molecule has 1 aliphatic heterocycles. The largest absolute Gasteiger partial charge is 0.493 e. The highest BCUT2D eigenvalue weighted by Gasteiger charge is 2.20. The Morgan fingerprint density at radius 3 is 2.45 bits per heavy atom. The number of piperidine rings is 1. The average molecular weight is 449 g/mol. The third-order valence-corrected chi connectivity index (χ3v) is 5.97. The molecule has 5 nitrogen and oxygen atoms in total. The third kappa shape index (κ3) is 6.33. The molecule has 0 unspecified atom stereocenters. The molecule has 1 heterocycles. The molecule has 0 spiro atoms. The average Bonchev–Trinajstić information content (AvgIpc) is 2.84. The molecule has 0 bridgehead atoms. The normalized spacial score (nSPS) is 14.6. The monoisotopic (exact) mass is 448 g/mol. The lowest BCUT2D eigenvalue weighted by Gasteiger charge is -2.32. The number of halogens is 1. The summed E-state index contributed by atoms with van der Waals surface area (Å²) in [7, 11) is 1.64. The van der Waals surface area contributed by atoms with E-state index in [1.807, 2.05) is 36.4 Å². The van der Waals surface area contributed by atoms with Gasteiger partial charge in [0.25, 0.3) is 5.91 Å². The van der Waals surface area contributed by atoms with Gasteiger partial charge in [-0.15, -0.1) is 0 Å². The number of hydrogen-bond donors (Lipinski definition) is 1. The van der Waals surface area contributed by atoms with Gasteiger partial charge in [0.15, 0.2) is 11.5 Å². The minimum absolute atomic E-state index is 0.149. The number of likely N-dealkylation sites (tertiary alicyclic amines) is 1. The fraction of sp³-hybridized carbons (Fsp3) is 0.296. The second-order valence-electron chi connectivity index (χ2n) is 8.34. The number of ether oxygens (including phenoxy) is 2. The van der Waals surface area contributed by atoms with Gasteiger partial charge in [0.1, 0.15) is 11.6 Å². The Kier molecular flexibility index (Phi) is 7.58. The van der Waals surface area contributed by atoms with Crippen LogP contribution in [0.15, 0.2) is 72.8 Å². The van der Waals surface area contributed by atoms with Crippen LogP contribution in [0.2, 0.25) is 0 Å². The third-order valence-electron chi connectivity index (χ3n) is 5.97.